The molecular weight excluding hydrogens is 821 g/mol. The molecule has 346 valence electrons. The predicted molar refractivity (Wildman–Crippen MR) is 252 cm³/mol. The van der Waals surface area contributed by atoms with Gasteiger partial charge in [0, 0.05) is 74.2 Å². The number of rotatable bonds is 10. The highest BCUT2D eigenvalue weighted by molar-refractivity contribution is 5.97. The van der Waals surface area contributed by atoms with Crippen molar-refractivity contribution in [1.82, 2.24) is 30.1 Å². The number of cyclic esters (lactones) is 1. The van der Waals surface area contributed by atoms with Gasteiger partial charge in [0.05, 0.1) is 30.4 Å². The van der Waals surface area contributed by atoms with E-state index in [1.54, 1.807) is 24.1 Å². The van der Waals surface area contributed by atoms with Crippen LogP contribution in [0.3, 0.4) is 0 Å². The average Bonchev–Trinajstić information content (AvgIpc) is 3.90. The van der Waals surface area contributed by atoms with Gasteiger partial charge in [0.2, 0.25) is 17.7 Å². The summed E-state index contributed by atoms with van der Waals surface area (Å²) in [5, 5.41) is 17.1. The fraction of sp³-hybridized carbons (Fsp3) is 0.500. The number of hydrogen-bond donors (Lipinski definition) is 3. The summed E-state index contributed by atoms with van der Waals surface area (Å²) < 4.78 is 15.1. The van der Waals surface area contributed by atoms with Crippen LogP contribution in [0.2, 0.25) is 0 Å². The second kappa shape index (κ2) is 18.8. The Balaban J connectivity index is 1.17. The summed E-state index contributed by atoms with van der Waals surface area (Å²) in [6.45, 7) is 17.3. The first-order chi connectivity index (χ1) is 31.1. The normalized spacial score (nSPS) is 23.6. The van der Waals surface area contributed by atoms with Crippen molar-refractivity contribution in [2.75, 3.05) is 53.5 Å². The van der Waals surface area contributed by atoms with Gasteiger partial charge in [0.15, 0.2) is 0 Å². The summed E-state index contributed by atoms with van der Waals surface area (Å²) in [6, 6.07) is 19.1. The molecule has 6 atom stereocenters. The molecule has 2 saturated heterocycles. The molecule has 3 aliphatic heterocycles. The van der Waals surface area contributed by atoms with Gasteiger partial charge >= 0.3 is 5.97 Å². The number of carbonyl (C=O) groups excluding carboxylic acids is 4. The lowest BCUT2D eigenvalue weighted by molar-refractivity contribution is -0.156. The van der Waals surface area contributed by atoms with Crippen molar-refractivity contribution < 1.29 is 33.8 Å². The molecular formula is C52H66N6O7. The third-order valence-corrected chi connectivity index (χ3v) is 14.3. The highest BCUT2D eigenvalue weighted by Crippen LogP contribution is 2.57. The van der Waals surface area contributed by atoms with Crippen molar-refractivity contribution in [3.05, 3.63) is 90.0 Å². The molecule has 1 aliphatic carbocycles. The van der Waals surface area contributed by atoms with Gasteiger partial charge in [-0.3, -0.25) is 29.1 Å². The average molecular weight is 887 g/mol. The fourth-order valence-electron chi connectivity index (χ4n) is 11.3. The number of fused-ring (bicyclic) bond motifs is 8. The number of esters is 1. The molecule has 4 heterocycles. The molecule has 0 spiro atoms. The molecule has 13 nitrogen and oxygen atoms in total. The molecule has 0 saturated carbocycles. The Bertz CT molecular complexity index is 2480. The largest absolute Gasteiger partial charge is 0.508 e. The summed E-state index contributed by atoms with van der Waals surface area (Å²) >= 11 is 0. The van der Waals surface area contributed by atoms with E-state index in [4.69, 9.17) is 9.47 Å². The Hall–Kier alpha value is -5.50. The number of nitrogens with zero attached hydrogens (tertiary/aromatic N) is 4. The standard InChI is InChI=1S/C52H66N6O7/c1-9-43(60)56-21-19-32(29-56)28-55(7)46(31(3)4)49(61)53-27-36-23-33-22-35(25-37(59)24-33)34-17-18-42-40(26-34)44-45(48(64-8)39-15-12-11-14-38(39)47(44)57(42)10-2)52(5,6)30-65-51(63)41-16-13-20-58(54-41)50(36)62/h9,11-12,14-15,17-18,22,24-26,31-32,36,41,45-46,48,54,59H,1,10,13,16,19-21,23,27-30H2,2-8H3,(H,53,61)/t32-,36?,41+,45?,46+,48+/m1/s1. The van der Waals surface area contributed by atoms with Gasteiger partial charge < -0.3 is 29.4 Å². The molecule has 4 aromatic rings. The third-order valence-electron chi connectivity index (χ3n) is 14.3. The first-order valence-corrected chi connectivity index (χ1v) is 23.4. The van der Waals surface area contributed by atoms with Crippen LogP contribution in [0.25, 0.3) is 33.3 Å². The molecule has 13 heteroatoms. The molecule has 3 aromatic carbocycles. The third kappa shape index (κ3) is 8.94. The van der Waals surface area contributed by atoms with Gasteiger partial charge in [-0.15, -0.1) is 0 Å². The van der Waals surface area contributed by atoms with E-state index in [1.165, 1.54) is 11.1 Å². The smallest absolute Gasteiger partial charge is 0.324 e. The highest BCUT2D eigenvalue weighted by atomic mass is 16.5. The number of amides is 3. The van der Waals surface area contributed by atoms with Gasteiger partial charge in [-0.05, 0) is 110 Å². The lowest BCUT2D eigenvalue weighted by Gasteiger charge is -2.43. The summed E-state index contributed by atoms with van der Waals surface area (Å²) in [4.78, 5) is 59.1. The SMILES string of the molecule is C=CC(=O)N1CC[C@H](CN(C)[C@H](C(=O)NCC2Cc3cc(O)cc(c3)-c3ccc4c(c3)c3c(n4CC)-c4ccccc4[C@H](OC)C3C(C)(C)COC(=O)[C@@H]3CCCN(N3)C2=O)C(C)C)C1. The maximum Gasteiger partial charge on any atom is 0.324 e. The molecule has 3 N–H and O–H groups in total. The minimum atomic E-state index is -0.748. The van der Waals surface area contributed by atoms with Gasteiger partial charge in [0.1, 0.15) is 11.8 Å². The van der Waals surface area contributed by atoms with E-state index in [0.717, 1.165) is 62.9 Å². The molecule has 4 aliphatic rings. The van der Waals surface area contributed by atoms with Crippen LogP contribution >= 0.6 is 0 Å². The fourth-order valence-corrected chi connectivity index (χ4v) is 11.3. The van der Waals surface area contributed by atoms with Crippen LogP contribution in [0.4, 0.5) is 0 Å². The van der Waals surface area contributed by atoms with Crippen LogP contribution in [-0.2, 0) is 41.6 Å². The Labute approximate surface area is 383 Å². The van der Waals surface area contributed by atoms with Crippen molar-refractivity contribution in [3.8, 4) is 28.1 Å². The number of methoxy groups -OCH3 is 1. The number of carbonyl (C=O) groups is 4. The van der Waals surface area contributed by atoms with E-state index in [9.17, 15) is 24.3 Å². The molecule has 2 fully saturated rings. The van der Waals surface area contributed by atoms with Crippen molar-refractivity contribution in [2.24, 2.45) is 23.2 Å². The van der Waals surface area contributed by atoms with Crippen LogP contribution in [0.15, 0.2) is 73.3 Å². The number of hydrogen-bond acceptors (Lipinski definition) is 9. The zero-order chi connectivity index (χ0) is 46.3. The molecule has 2 unspecified atom stereocenters. The van der Waals surface area contributed by atoms with Gasteiger partial charge in [0.25, 0.3) is 0 Å². The van der Waals surface area contributed by atoms with E-state index >= 15 is 0 Å². The summed E-state index contributed by atoms with van der Waals surface area (Å²) in [5.41, 5.74) is 10.6. The predicted octanol–water partition coefficient (Wildman–Crippen LogP) is 6.83. The van der Waals surface area contributed by atoms with E-state index in [0.29, 0.717) is 39.0 Å². The zero-order valence-electron chi connectivity index (χ0n) is 39.1. The van der Waals surface area contributed by atoms with Gasteiger partial charge in [-0.2, -0.15) is 0 Å². The Morgan fingerprint density at radius 2 is 1.86 bits per heavy atom. The lowest BCUT2D eigenvalue weighted by Crippen LogP contribution is -2.58. The first kappa shape index (κ1) is 46.0. The van der Waals surface area contributed by atoms with Crippen LogP contribution in [0.5, 0.6) is 5.75 Å². The molecule has 6 bridgehead atoms. The lowest BCUT2D eigenvalue weighted by atomic mass is 9.66. The van der Waals surface area contributed by atoms with E-state index < -0.39 is 29.4 Å². The monoisotopic (exact) mass is 886 g/mol. The summed E-state index contributed by atoms with van der Waals surface area (Å²) in [6.07, 6.45) is 3.17. The maximum absolute atomic E-state index is 14.7. The number of nitrogens with one attached hydrogen (secondary N) is 2. The van der Waals surface area contributed by atoms with Gasteiger partial charge in [-0.25, -0.2) is 5.43 Å². The molecule has 0 radical (unpaired) electrons. The number of likely N-dealkylation sites (N-methyl/N-ethyl adjacent to an activating group) is 1. The number of benzene rings is 3. The number of aryl methyl sites for hydroxylation is 1. The number of phenolic OH excluding ortho intramolecular Hbond substituents is 1. The van der Waals surface area contributed by atoms with Crippen molar-refractivity contribution in [1.29, 1.82) is 0 Å². The minimum absolute atomic E-state index is 0.0370. The van der Waals surface area contributed by atoms with Gasteiger partial charge in [-0.1, -0.05) is 70.7 Å². The van der Waals surface area contributed by atoms with Crippen LogP contribution in [0, 0.1) is 23.2 Å². The zero-order valence-corrected chi connectivity index (χ0v) is 39.1. The van der Waals surface area contributed by atoms with Crippen molar-refractivity contribution in [3.63, 3.8) is 0 Å². The molecule has 8 rings (SSSR count). The Morgan fingerprint density at radius 3 is 2.60 bits per heavy atom. The van der Waals surface area contributed by atoms with E-state index in [1.807, 2.05) is 33.0 Å². The number of aromatic nitrogens is 1. The van der Waals surface area contributed by atoms with E-state index in [-0.39, 0.29) is 66.9 Å². The molecule has 65 heavy (non-hydrogen) atoms. The highest BCUT2D eigenvalue weighted by Gasteiger charge is 2.47. The van der Waals surface area contributed by atoms with Crippen LogP contribution in [0.1, 0.15) is 82.6 Å². The quantitative estimate of drug-likeness (QED) is 0.115. The first-order valence-electron chi connectivity index (χ1n) is 23.4. The second-order valence-electron chi connectivity index (χ2n) is 19.7. The number of ether oxygens (including phenoxy) is 2. The maximum atomic E-state index is 14.7. The second-order valence-corrected chi connectivity index (χ2v) is 19.7. The summed E-state index contributed by atoms with van der Waals surface area (Å²) in [7, 11) is 3.69. The number of phenols is 1. The van der Waals surface area contributed by atoms with Crippen LogP contribution in [-0.4, -0.2) is 114 Å². The Morgan fingerprint density at radius 1 is 1.08 bits per heavy atom. The Kier molecular flexibility index (Phi) is 13.3. The van der Waals surface area contributed by atoms with E-state index in [2.05, 4.69) is 84.0 Å². The van der Waals surface area contributed by atoms with Crippen molar-refractivity contribution in [2.45, 2.75) is 91.0 Å². The number of aromatic hydroxyl groups is 1. The molecule has 3 amide bonds. The van der Waals surface area contributed by atoms with Crippen molar-refractivity contribution >= 4 is 34.6 Å². The van der Waals surface area contributed by atoms with Crippen LogP contribution < -0.4 is 10.7 Å². The number of hydrazine groups is 1. The molecule has 1 aromatic heterocycles. The topological polar surface area (TPSA) is 146 Å². The summed E-state index contributed by atoms with van der Waals surface area (Å²) in [5.74, 6) is -1.65. The minimum Gasteiger partial charge on any atom is -0.508 e. The number of likely N-dealkylation sites (tertiary alicyclic amines) is 1.